The van der Waals surface area contributed by atoms with Gasteiger partial charge in [0.25, 0.3) is 5.91 Å². The maximum Gasteiger partial charge on any atom is 0.258 e. The Morgan fingerprint density at radius 3 is 2.40 bits per heavy atom. The number of benzene rings is 2. The molecule has 7 rings (SSSR count). The smallest absolute Gasteiger partial charge is 0.258 e. The van der Waals surface area contributed by atoms with Crippen molar-refractivity contribution in [2.75, 3.05) is 55.6 Å². The minimum atomic E-state index is -2.51. The number of amides is 1. The fraction of sp³-hybridized carbons (Fsp3) is 0.524. The highest BCUT2D eigenvalue weighted by Gasteiger charge is 2.46. The first-order valence-corrected chi connectivity index (χ1v) is 21.1. The molecule has 0 aliphatic carbocycles. The summed E-state index contributed by atoms with van der Waals surface area (Å²) in [5.74, 6) is 2.53. The lowest BCUT2D eigenvalue weighted by Gasteiger charge is -2.54. The van der Waals surface area contributed by atoms with E-state index in [1.54, 1.807) is 24.4 Å². The van der Waals surface area contributed by atoms with Crippen molar-refractivity contribution in [1.29, 1.82) is 0 Å². The van der Waals surface area contributed by atoms with Crippen molar-refractivity contribution in [3.63, 3.8) is 0 Å². The Labute approximate surface area is 342 Å². The molecule has 2 aromatic heterocycles. The van der Waals surface area contributed by atoms with Gasteiger partial charge in [-0.25, -0.2) is 19.3 Å². The molecule has 312 valence electrons. The summed E-state index contributed by atoms with van der Waals surface area (Å²) in [7, 11) is 1.63. The van der Waals surface area contributed by atoms with Gasteiger partial charge >= 0.3 is 0 Å². The van der Waals surface area contributed by atoms with Gasteiger partial charge in [0.15, 0.2) is 11.6 Å². The first-order chi connectivity index (χ1) is 27.8. The average Bonchev–Trinajstić information content (AvgIpc) is 3.54. The maximum absolute atomic E-state index is 14.5. The zero-order chi connectivity index (χ0) is 41.1. The van der Waals surface area contributed by atoms with Crippen molar-refractivity contribution in [3.8, 4) is 17.2 Å². The van der Waals surface area contributed by atoms with Crippen LogP contribution in [0.1, 0.15) is 75.1 Å². The van der Waals surface area contributed by atoms with Gasteiger partial charge in [-0.15, -0.1) is 0 Å². The second-order valence-corrected chi connectivity index (χ2v) is 17.2. The van der Waals surface area contributed by atoms with Crippen molar-refractivity contribution in [3.05, 3.63) is 84.0 Å². The summed E-state index contributed by atoms with van der Waals surface area (Å²) in [6.45, 7) is 14.7. The lowest BCUT2D eigenvalue weighted by Crippen LogP contribution is -2.61. The second-order valence-electron chi connectivity index (χ2n) is 16.3. The molecule has 4 aromatic rings. The molecular weight excluding hydrogens is 764 g/mol. The number of halogens is 1. The number of likely N-dealkylation sites (tertiary alicyclic amines) is 1. The van der Waals surface area contributed by atoms with Crippen molar-refractivity contribution in [2.45, 2.75) is 91.1 Å². The van der Waals surface area contributed by atoms with Gasteiger partial charge in [-0.2, -0.15) is 0 Å². The van der Waals surface area contributed by atoms with Crippen LogP contribution in [0, 0.1) is 18.2 Å². The third kappa shape index (κ3) is 8.99. The third-order valence-electron chi connectivity index (χ3n) is 11.7. The number of carbonyl (C=O) groups is 1. The summed E-state index contributed by atoms with van der Waals surface area (Å²) in [4.78, 5) is 33.2. The second kappa shape index (κ2) is 17.7. The van der Waals surface area contributed by atoms with E-state index in [-0.39, 0.29) is 46.9 Å². The number of aryl methyl sites for hydroxylation is 1. The first-order valence-electron chi connectivity index (χ1n) is 20.1. The van der Waals surface area contributed by atoms with Gasteiger partial charge in [0.2, 0.25) is 0 Å². The van der Waals surface area contributed by atoms with Crippen LogP contribution in [0.2, 0.25) is 0 Å². The zero-order valence-electron chi connectivity index (χ0n) is 34.2. The molecule has 5 heterocycles. The van der Waals surface area contributed by atoms with Crippen LogP contribution in [0.5, 0.6) is 17.2 Å². The largest absolute Gasteiger partial charge is 0.755 e. The van der Waals surface area contributed by atoms with Gasteiger partial charge in [-0.3, -0.25) is 13.3 Å². The molecule has 3 saturated heterocycles. The van der Waals surface area contributed by atoms with Crippen LogP contribution in [-0.2, 0) is 22.5 Å². The minimum Gasteiger partial charge on any atom is -0.755 e. The Hall–Kier alpha value is -4.64. The van der Waals surface area contributed by atoms with E-state index >= 15 is 0 Å². The summed E-state index contributed by atoms with van der Waals surface area (Å²) in [6.07, 6.45) is 8.22. The summed E-state index contributed by atoms with van der Waals surface area (Å²) in [5.41, 5.74) is 1.31. The highest BCUT2D eigenvalue weighted by Crippen LogP contribution is 2.45. The van der Waals surface area contributed by atoms with E-state index in [0.29, 0.717) is 37.0 Å². The highest BCUT2D eigenvalue weighted by atomic mass is 32.2. The minimum absolute atomic E-state index is 0.0215. The van der Waals surface area contributed by atoms with Crippen LogP contribution in [-0.4, -0.2) is 115 Å². The number of anilines is 2. The maximum atomic E-state index is 14.5. The van der Waals surface area contributed by atoms with Crippen molar-refractivity contribution < 1.29 is 32.2 Å². The van der Waals surface area contributed by atoms with Crippen LogP contribution >= 0.6 is 0 Å². The van der Waals surface area contributed by atoms with E-state index < -0.39 is 17.1 Å². The molecule has 1 unspecified atom stereocenters. The molecule has 3 aliphatic rings. The Balaban J connectivity index is 0.920. The molecular formula is C42H54FN8O6S-. The van der Waals surface area contributed by atoms with E-state index in [2.05, 4.69) is 24.8 Å². The molecule has 0 N–H and O–H groups in total. The summed E-state index contributed by atoms with van der Waals surface area (Å²) < 4.78 is 61.1. The molecule has 3 aliphatic heterocycles. The van der Waals surface area contributed by atoms with Crippen LogP contribution in [0.3, 0.4) is 0 Å². The van der Waals surface area contributed by atoms with Crippen LogP contribution in [0.4, 0.5) is 16.0 Å². The first kappa shape index (κ1) is 41.5. The van der Waals surface area contributed by atoms with Crippen molar-refractivity contribution in [2.24, 2.45) is 5.41 Å². The molecule has 0 saturated carbocycles. The lowest BCUT2D eigenvalue weighted by atomic mass is 9.72. The molecule has 3 atom stereocenters. The lowest BCUT2D eigenvalue weighted by molar-refractivity contribution is -0.0271. The Kier molecular flexibility index (Phi) is 12.7. The van der Waals surface area contributed by atoms with Gasteiger partial charge in [-0.1, -0.05) is 12.1 Å². The number of rotatable bonds is 14. The number of hydrogen-bond donors (Lipinski definition) is 0. The molecule has 2 aromatic carbocycles. The highest BCUT2D eigenvalue weighted by molar-refractivity contribution is 7.80. The van der Waals surface area contributed by atoms with Gasteiger partial charge in [-0.05, 0) is 109 Å². The van der Waals surface area contributed by atoms with E-state index in [4.69, 9.17) is 14.2 Å². The van der Waals surface area contributed by atoms with Gasteiger partial charge in [0, 0.05) is 48.4 Å². The zero-order valence-corrected chi connectivity index (χ0v) is 35.0. The number of ether oxygens (including phenoxy) is 3. The quantitative estimate of drug-likeness (QED) is 0.139. The molecule has 3 fully saturated rings. The number of carbonyl (C=O) groups excluding carboxylic acids is 1. The predicted molar refractivity (Wildman–Crippen MR) is 218 cm³/mol. The average molecular weight is 818 g/mol. The van der Waals surface area contributed by atoms with Gasteiger partial charge < -0.3 is 38.0 Å². The number of aromatic nitrogens is 4. The summed E-state index contributed by atoms with van der Waals surface area (Å²) in [5, 5.41) is 0. The molecule has 0 bridgehead atoms. The Morgan fingerprint density at radius 1 is 1.03 bits per heavy atom. The SMILES string of the molecule is COc1ccc(Cn2c(N([C@@H]3CC[C@@H](CN4CCC5(CC4)CN(c4ncncc4Oc4ccc(F)cc4C(=O)N(C(C)C)C(C)C)C5)OC3)S(=O)[O-])cnc2C)cc1. The molecule has 1 amide bonds. The number of imidazole rings is 1. The van der Waals surface area contributed by atoms with E-state index in [9.17, 15) is 17.9 Å². The van der Waals surface area contributed by atoms with Crippen LogP contribution < -0.4 is 18.7 Å². The summed E-state index contributed by atoms with van der Waals surface area (Å²) >= 11 is -2.51. The molecule has 1 spiro atoms. The Morgan fingerprint density at radius 2 is 1.76 bits per heavy atom. The van der Waals surface area contributed by atoms with E-state index in [0.717, 1.165) is 69.1 Å². The molecule has 58 heavy (non-hydrogen) atoms. The number of piperidine rings is 1. The molecule has 0 radical (unpaired) electrons. The topological polar surface area (TPSA) is 141 Å². The van der Waals surface area contributed by atoms with E-state index in [1.165, 1.54) is 28.8 Å². The molecule has 14 nitrogen and oxygen atoms in total. The Bertz CT molecular complexity index is 2050. The fourth-order valence-corrected chi connectivity index (χ4v) is 9.38. The van der Waals surface area contributed by atoms with Gasteiger partial charge in [0.1, 0.15) is 35.3 Å². The van der Waals surface area contributed by atoms with Crippen molar-refractivity contribution in [1.82, 2.24) is 29.3 Å². The predicted octanol–water partition coefficient (Wildman–Crippen LogP) is 5.98. The summed E-state index contributed by atoms with van der Waals surface area (Å²) in [6, 6.07) is 11.2. The number of nitrogens with zero attached hydrogens (tertiary/aromatic N) is 8. The van der Waals surface area contributed by atoms with Crippen LogP contribution in [0.15, 0.2) is 61.2 Å². The molecule has 16 heteroatoms. The number of hydrogen-bond acceptors (Lipinski definition) is 11. The van der Waals surface area contributed by atoms with E-state index in [1.807, 2.05) is 63.5 Å². The fourth-order valence-electron chi connectivity index (χ4n) is 8.68. The van der Waals surface area contributed by atoms with Gasteiger partial charge in [0.05, 0.1) is 50.4 Å². The van der Waals surface area contributed by atoms with Crippen LogP contribution in [0.25, 0.3) is 0 Å². The normalized spacial score (nSPS) is 19.9. The monoisotopic (exact) mass is 817 g/mol. The standard InChI is InChI=1S/C42H55FN8O6S/c1-28(2)50(29(3)4)41(52)36-19-32(43)9-14-37(36)57-38-20-44-27-46-40(38)48-25-42(26-48)15-17-47(18-16-42)23-35-13-10-33(24-56-35)51(58(53)54)39-21-45-30(5)49(39)22-31-7-11-34(55-6)12-8-31/h7-9,11-12,14,19-21,27-29,33,35H,10,13,15-18,22-26H2,1-6H3,(H,53,54)/p-1/t33-,35+/m1/s1. The van der Waals surface area contributed by atoms with Crippen molar-refractivity contribution >= 4 is 28.8 Å². The third-order valence-corrected chi connectivity index (χ3v) is 12.5. The number of methoxy groups -OCH3 is 1.